The van der Waals surface area contributed by atoms with Crippen molar-refractivity contribution in [2.75, 3.05) is 14.2 Å². The first-order valence-electron chi connectivity index (χ1n) is 7.48. The standard InChI is InChI=1S/C15H26N2O3/c1-9(2)12-14(19-3)17-13(15(16-12)20-4)10-6-5-7-11(18)8-10/h9-13,18H,5-8H2,1-4H3/t10-,11?,12+,13-/m0/s1. The van der Waals surface area contributed by atoms with Gasteiger partial charge in [0.25, 0.3) is 0 Å². The van der Waals surface area contributed by atoms with Gasteiger partial charge in [-0.2, -0.15) is 0 Å². The van der Waals surface area contributed by atoms with Gasteiger partial charge in [0.05, 0.1) is 20.3 Å². The molecule has 0 aromatic carbocycles. The van der Waals surface area contributed by atoms with E-state index < -0.39 is 0 Å². The fraction of sp³-hybridized carbons (Fsp3) is 0.867. The van der Waals surface area contributed by atoms with E-state index in [1.54, 1.807) is 14.2 Å². The van der Waals surface area contributed by atoms with Crippen molar-refractivity contribution in [1.82, 2.24) is 0 Å². The summed E-state index contributed by atoms with van der Waals surface area (Å²) in [6, 6.07) is -0.181. The molecule has 0 spiro atoms. The van der Waals surface area contributed by atoms with Crippen molar-refractivity contribution in [3.05, 3.63) is 0 Å². The van der Waals surface area contributed by atoms with Crippen LogP contribution in [0.3, 0.4) is 0 Å². The highest BCUT2D eigenvalue weighted by Gasteiger charge is 2.37. The highest BCUT2D eigenvalue weighted by atomic mass is 16.5. The minimum absolute atomic E-state index is 0.0697. The summed E-state index contributed by atoms with van der Waals surface area (Å²) in [5.41, 5.74) is 0. The molecule has 1 saturated carbocycles. The Morgan fingerprint density at radius 3 is 2.35 bits per heavy atom. The Labute approximate surface area is 121 Å². The summed E-state index contributed by atoms with van der Waals surface area (Å²) >= 11 is 0. The summed E-state index contributed by atoms with van der Waals surface area (Å²) in [6.07, 6.45) is 3.51. The first kappa shape index (κ1) is 15.3. The lowest BCUT2D eigenvalue weighted by atomic mass is 9.82. The van der Waals surface area contributed by atoms with Gasteiger partial charge in [-0.25, -0.2) is 9.98 Å². The van der Waals surface area contributed by atoms with Crippen molar-refractivity contribution in [1.29, 1.82) is 0 Å². The summed E-state index contributed by atoms with van der Waals surface area (Å²) in [6.45, 7) is 4.20. The van der Waals surface area contributed by atoms with Crippen LogP contribution in [0.25, 0.3) is 0 Å². The summed E-state index contributed by atoms with van der Waals surface area (Å²) < 4.78 is 10.9. The van der Waals surface area contributed by atoms with Gasteiger partial charge in [-0.05, 0) is 31.1 Å². The van der Waals surface area contributed by atoms with E-state index in [2.05, 4.69) is 13.8 Å². The van der Waals surface area contributed by atoms with Crippen LogP contribution < -0.4 is 0 Å². The highest BCUT2D eigenvalue weighted by Crippen LogP contribution is 2.31. The van der Waals surface area contributed by atoms with Crippen molar-refractivity contribution in [2.45, 2.75) is 57.7 Å². The normalized spacial score (nSPS) is 34.5. The third-order valence-electron chi connectivity index (χ3n) is 4.22. The molecule has 0 aromatic rings. The predicted molar refractivity (Wildman–Crippen MR) is 79.3 cm³/mol. The average molecular weight is 282 g/mol. The molecule has 2 aliphatic rings. The van der Waals surface area contributed by atoms with Gasteiger partial charge in [-0.1, -0.05) is 20.3 Å². The zero-order valence-electron chi connectivity index (χ0n) is 12.9. The molecule has 4 atom stereocenters. The van der Waals surface area contributed by atoms with Crippen LogP contribution in [0.1, 0.15) is 39.5 Å². The molecule has 1 heterocycles. The van der Waals surface area contributed by atoms with Crippen molar-refractivity contribution in [3.8, 4) is 0 Å². The maximum Gasteiger partial charge on any atom is 0.209 e. The van der Waals surface area contributed by atoms with E-state index in [9.17, 15) is 5.11 Å². The third kappa shape index (κ3) is 3.14. The van der Waals surface area contributed by atoms with E-state index in [1.165, 1.54) is 0 Å². The fourth-order valence-corrected chi connectivity index (χ4v) is 3.11. The van der Waals surface area contributed by atoms with Crippen LogP contribution >= 0.6 is 0 Å². The topological polar surface area (TPSA) is 63.4 Å². The lowest BCUT2D eigenvalue weighted by Gasteiger charge is -2.34. The number of aliphatic hydroxyl groups is 1. The fourth-order valence-electron chi connectivity index (χ4n) is 3.11. The van der Waals surface area contributed by atoms with E-state index in [0.717, 1.165) is 25.7 Å². The SMILES string of the molecule is COC1=N[C@H](C(C)C)C(OC)=N[C@H]1[C@H]1CCCC(O)C1. The Kier molecular flexibility index (Phi) is 5.02. The van der Waals surface area contributed by atoms with E-state index in [4.69, 9.17) is 19.5 Å². The zero-order chi connectivity index (χ0) is 14.7. The van der Waals surface area contributed by atoms with Crippen LogP contribution in [0.5, 0.6) is 0 Å². The monoisotopic (exact) mass is 282 g/mol. The summed E-state index contributed by atoms with van der Waals surface area (Å²) in [5.74, 6) is 1.97. The maximum atomic E-state index is 9.87. The molecule has 114 valence electrons. The number of aliphatic imine (C=N–C) groups is 2. The van der Waals surface area contributed by atoms with E-state index in [1.807, 2.05) is 0 Å². The Hall–Kier alpha value is -1.10. The van der Waals surface area contributed by atoms with Gasteiger partial charge in [-0.15, -0.1) is 0 Å². The van der Waals surface area contributed by atoms with Crippen LogP contribution in [-0.4, -0.2) is 49.3 Å². The summed E-state index contributed by atoms with van der Waals surface area (Å²) in [7, 11) is 3.30. The second-order valence-electron chi connectivity index (χ2n) is 6.06. The van der Waals surface area contributed by atoms with Crippen molar-refractivity contribution >= 4 is 11.8 Å². The van der Waals surface area contributed by atoms with E-state index >= 15 is 0 Å². The molecule has 1 unspecified atom stereocenters. The smallest absolute Gasteiger partial charge is 0.209 e. The molecule has 0 bridgehead atoms. The molecular weight excluding hydrogens is 256 g/mol. The number of hydrogen-bond acceptors (Lipinski definition) is 5. The van der Waals surface area contributed by atoms with Gasteiger partial charge in [-0.3, -0.25) is 0 Å². The molecule has 1 fully saturated rings. The molecule has 5 heteroatoms. The van der Waals surface area contributed by atoms with Crippen LogP contribution in [0.15, 0.2) is 9.98 Å². The number of rotatable bonds is 2. The molecule has 0 saturated heterocycles. The Morgan fingerprint density at radius 2 is 1.80 bits per heavy atom. The highest BCUT2D eigenvalue weighted by molar-refractivity contribution is 5.94. The molecule has 2 rings (SSSR count). The van der Waals surface area contributed by atoms with Gasteiger partial charge < -0.3 is 14.6 Å². The molecule has 1 aliphatic heterocycles. The van der Waals surface area contributed by atoms with Crippen LogP contribution in [0.4, 0.5) is 0 Å². The quantitative estimate of drug-likeness (QED) is 0.843. The number of aliphatic hydroxyl groups excluding tert-OH is 1. The lowest BCUT2D eigenvalue weighted by molar-refractivity contribution is 0.0960. The summed E-state index contributed by atoms with van der Waals surface area (Å²) in [5, 5.41) is 9.87. The van der Waals surface area contributed by atoms with E-state index in [0.29, 0.717) is 17.7 Å². The second kappa shape index (κ2) is 6.57. The number of ether oxygens (including phenoxy) is 2. The van der Waals surface area contributed by atoms with Crippen molar-refractivity contribution in [3.63, 3.8) is 0 Å². The third-order valence-corrected chi connectivity index (χ3v) is 4.22. The molecule has 0 radical (unpaired) electrons. The van der Waals surface area contributed by atoms with Gasteiger partial charge in [0.2, 0.25) is 11.8 Å². The second-order valence-corrected chi connectivity index (χ2v) is 6.06. The number of nitrogens with zero attached hydrogens (tertiary/aromatic N) is 2. The van der Waals surface area contributed by atoms with Gasteiger partial charge in [0.1, 0.15) is 12.1 Å². The lowest BCUT2D eigenvalue weighted by Crippen LogP contribution is -2.42. The largest absolute Gasteiger partial charge is 0.483 e. The Morgan fingerprint density at radius 1 is 1.10 bits per heavy atom. The maximum absolute atomic E-state index is 9.87. The summed E-state index contributed by atoms with van der Waals surface area (Å²) in [4.78, 5) is 9.43. The molecule has 0 amide bonds. The minimum Gasteiger partial charge on any atom is -0.483 e. The predicted octanol–water partition coefficient (Wildman–Crippen LogP) is 2.03. The first-order chi connectivity index (χ1) is 9.56. The van der Waals surface area contributed by atoms with Crippen molar-refractivity contribution in [2.24, 2.45) is 21.8 Å². The Bertz CT molecular complexity index is 393. The first-order valence-corrected chi connectivity index (χ1v) is 7.48. The van der Waals surface area contributed by atoms with Crippen LogP contribution in [0, 0.1) is 11.8 Å². The molecule has 5 nitrogen and oxygen atoms in total. The molecular formula is C15H26N2O3. The van der Waals surface area contributed by atoms with Crippen LogP contribution in [0.2, 0.25) is 0 Å². The molecule has 20 heavy (non-hydrogen) atoms. The van der Waals surface area contributed by atoms with Crippen molar-refractivity contribution < 1.29 is 14.6 Å². The van der Waals surface area contributed by atoms with Gasteiger partial charge in [0, 0.05) is 0 Å². The average Bonchev–Trinajstić information content (AvgIpc) is 2.45. The van der Waals surface area contributed by atoms with Crippen LogP contribution in [-0.2, 0) is 9.47 Å². The van der Waals surface area contributed by atoms with Gasteiger partial charge in [0.15, 0.2) is 0 Å². The van der Waals surface area contributed by atoms with E-state index in [-0.39, 0.29) is 24.1 Å². The Balaban J connectivity index is 2.22. The molecule has 1 N–H and O–H groups in total. The molecule has 1 aliphatic carbocycles. The van der Waals surface area contributed by atoms with Gasteiger partial charge >= 0.3 is 0 Å². The zero-order valence-corrected chi connectivity index (χ0v) is 12.9. The minimum atomic E-state index is -0.226. The molecule has 0 aromatic heterocycles. The number of hydrogen-bond donors (Lipinski definition) is 1. The number of methoxy groups -OCH3 is 2.